The van der Waals surface area contributed by atoms with Gasteiger partial charge in [0.25, 0.3) is 0 Å². The zero-order valence-electron chi connectivity index (χ0n) is 14.3. The highest BCUT2D eigenvalue weighted by atomic mass is 32.2. The van der Waals surface area contributed by atoms with Crippen LogP contribution in [-0.2, 0) is 19.4 Å². The molecule has 2 aliphatic rings. The van der Waals surface area contributed by atoms with Gasteiger partial charge in [0.1, 0.15) is 22.7 Å². The number of carbonyl (C=O) groups excluding carboxylic acids is 2. The number of hydrogen-bond acceptors (Lipinski definition) is 4. The maximum Gasteiger partial charge on any atom is 0.240 e. The Morgan fingerprint density at radius 3 is 2.35 bits per heavy atom. The monoisotopic (exact) mass is 386 g/mol. The summed E-state index contributed by atoms with van der Waals surface area (Å²) in [7, 11) is -3.18. The maximum absolute atomic E-state index is 13.8. The van der Waals surface area contributed by atoms with Crippen LogP contribution in [-0.4, -0.2) is 49.2 Å². The van der Waals surface area contributed by atoms with Crippen LogP contribution in [0.25, 0.3) is 0 Å². The highest BCUT2D eigenvalue weighted by molar-refractivity contribution is 7.91. The van der Waals surface area contributed by atoms with Crippen LogP contribution in [0.5, 0.6) is 0 Å². The van der Waals surface area contributed by atoms with E-state index in [1.165, 1.54) is 11.0 Å². The molecule has 1 N–H and O–H groups in total. The number of nitrogens with zero attached hydrogens (tertiary/aromatic N) is 1. The quantitative estimate of drug-likeness (QED) is 0.781. The SMILES string of the molecule is CCN(C(=O)C1(C(=O)Nc2c(F)cccc2F)CC1)C1CCS(=O)(=O)C1. The van der Waals surface area contributed by atoms with Crippen molar-refractivity contribution in [3.63, 3.8) is 0 Å². The second-order valence-electron chi connectivity index (χ2n) is 6.78. The van der Waals surface area contributed by atoms with Gasteiger partial charge in [-0.15, -0.1) is 0 Å². The van der Waals surface area contributed by atoms with Crippen LogP contribution < -0.4 is 5.32 Å². The first kappa shape index (κ1) is 18.8. The Labute approximate surface area is 150 Å². The van der Waals surface area contributed by atoms with Gasteiger partial charge < -0.3 is 10.2 Å². The Morgan fingerprint density at radius 2 is 1.88 bits per heavy atom. The molecule has 2 fully saturated rings. The molecular weight excluding hydrogens is 366 g/mol. The minimum Gasteiger partial charge on any atom is -0.338 e. The number of para-hydroxylation sites is 1. The van der Waals surface area contributed by atoms with Gasteiger partial charge in [0.15, 0.2) is 9.84 Å². The predicted molar refractivity (Wildman–Crippen MR) is 91.1 cm³/mol. The Kier molecular flexibility index (Phi) is 4.76. The Morgan fingerprint density at radius 1 is 1.27 bits per heavy atom. The van der Waals surface area contributed by atoms with Gasteiger partial charge in [-0.3, -0.25) is 9.59 Å². The number of hydrogen-bond donors (Lipinski definition) is 1. The maximum atomic E-state index is 13.8. The average Bonchev–Trinajstić information content (AvgIpc) is 3.31. The largest absolute Gasteiger partial charge is 0.338 e. The van der Waals surface area contributed by atoms with Gasteiger partial charge in [0, 0.05) is 12.6 Å². The van der Waals surface area contributed by atoms with E-state index < -0.39 is 50.4 Å². The van der Waals surface area contributed by atoms with E-state index in [-0.39, 0.29) is 30.9 Å². The molecule has 3 rings (SSSR count). The second-order valence-corrected chi connectivity index (χ2v) is 9.01. The molecule has 1 unspecified atom stereocenters. The van der Waals surface area contributed by atoms with Gasteiger partial charge in [-0.2, -0.15) is 0 Å². The topological polar surface area (TPSA) is 83.6 Å². The molecule has 1 saturated heterocycles. The van der Waals surface area contributed by atoms with Crippen molar-refractivity contribution in [2.45, 2.75) is 32.2 Å². The summed E-state index contributed by atoms with van der Waals surface area (Å²) in [5.41, 5.74) is -1.96. The van der Waals surface area contributed by atoms with Crippen LogP contribution in [0.15, 0.2) is 18.2 Å². The zero-order chi connectivity index (χ0) is 19.1. The normalized spacial score (nSPS) is 22.7. The third-order valence-electron chi connectivity index (χ3n) is 5.05. The van der Waals surface area contributed by atoms with Crippen molar-refractivity contribution in [2.24, 2.45) is 5.41 Å². The number of rotatable bonds is 5. The highest BCUT2D eigenvalue weighted by Gasteiger charge is 2.59. The molecule has 1 aromatic carbocycles. The Bertz CT molecular complexity index is 832. The number of halogens is 2. The van der Waals surface area contributed by atoms with Crippen LogP contribution in [0.2, 0.25) is 0 Å². The summed E-state index contributed by atoms with van der Waals surface area (Å²) in [6.45, 7) is 1.98. The minimum atomic E-state index is -3.18. The fourth-order valence-electron chi connectivity index (χ4n) is 3.38. The fourth-order valence-corrected chi connectivity index (χ4v) is 5.11. The predicted octanol–water partition coefficient (Wildman–Crippen LogP) is 1.72. The standard InChI is InChI=1S/C17H20F2N2O4S/c1-2-21(11-6-9-26(24,25)10-11)16(23)17(7-8-17)15(22)20-14-12(18)4-3-5-13(14)19/h3-5,11H,2,6-10H2,1H3,(H,20,22). The van der Waals surface area contributed by atoms with Gasteiger partial charge in [-0.05, 0) is 38.3 Å². The van der Waals surface area contributed by atoms with Crippen LogP contribution in [0.3, 0.4) is 0 Å². The van der Waals surface area contributed by atoms with E-state index in [9.17, 15) is 26.8 Å². The fraction of sp³-hybridized carbons (Fsp3) is 0.529. The molecule has 142 valence electrons. The lowest BCUT2D eigenvalue weighted by atomic mass is 10.0. The Balaban J connectivity index is 1.79. The highest BCUT2D eigenvalue weighted by Crippen LogP contribution is 2.49. The van der Waals surface area contributed by atoms with Gasteiger partial charge in [0.05, 0.1) is 11.5 Å². The van der Waals surface area contributed by atoms with E-state index in [0.29, 0.717) is 6.42 Å². The van der Waals surface area contributed by atoms with Gasteiger partial charge in [0.2, 0.25) is 11.8 Å². The third-order valence-corrected chi connectivity index (χ3v) is 6.80. The number of amides is 2. The number of sulfone groups is 1. The van der Waals surface area contributed by atoms with Crippen molar-refractivity contribution in [1.29, 1.82) is 0 Å². The van der Waals surface area contributed by atoms with Crippen LogP contribution in [0.1, 0.15) is 26.2 Å². The molecule has 1 aromatic rings. The van der Waals surface area contributed by atoms with Crippen molar-refractivity contribution in [1.82, 2.24) is 4.90 Å². The first-order chi connectivity index (χ1) is 12.2. The van der Waals surface area contributed by atoms with Crippen LogP contribution in [0.4, 0.5) is 14.5 Å². The molecule has 26 heavy (non-hydrogen) atoms. The molecule has 1 atom stereocenters. The summed E-state index contributed by atoms with van der Waals surface area (Å²) in [6.07, 6.45) is 0.870. The molecule has 0 aromatic heterocycles. The number of nitrogens with one attached hydrogen (secondary N) is 1. The molecule has 0 bridgehead atoms. The smallest absolute Gasteiger partial charge is 0.240 e. The third kappa shape index (κ3) is 3.32. The summed E-state index contributed by atoms with van der Waals surface area (Å²) in [6, 6.07) is 2.74. The Hall–Kier alpha value is -2.03. The van der Waals surface area contributed by atoms with Crippen molar-refractivity contribution >= 4 is 27.3 Å². The first-order valence-corrected chi connectivity index (χ1v) is 10.3. The van der Waals surface area contributed by atoms with E-state index in [4.69, 9.17) is 0 Å². The van der Waals surface area contributed by atoms with Gasteiger partial charge in [-0.1, -0.05) is 6.07 Å². The first-order valence-electron chi connectivity index (χ1n) is 8.47. The molecule has 1 aliphatic carbocycles. The van der Waals surface area contributed by atoms with E-state index in [0.717, 1.165) is 12.1 Å². The molecule has 0 spiro atoms. The summed E-state index contributed by atoms with van der Waals surface area (Å²) in [4.78, 5) is 26.9. The lowest BCUT2D eigenvalue weighted by Crippen LogP contribution is -2.48. The lowest BCUT2D eigenvalue weighted by Gasteiger charge is -2.30. The summed E-state index contributed by atoms with van der Waals surface area (Å²) in [5.74, 6) is -3.18. The van der Waals surface area contributed by atoms with Gasteiger partial charge >= 0.3 is 0 Å². The van der Waals surface area contributed by atoms with Crippen molar-refractivity contribution in [3.05, 3.63) is 29.8 Å². The van der Waals surface area contributed by atoms with E-state index in [2.05, 4.69) is 5.32 Å². The molecule has 6 nitrogen and oxygen atoms in total. The number of benzene rings is 1. The van der Waals surface area contributed by atoms with E-state index in [1.54, 1.807) is 6.92 Å². The summed E-state index contributed by atoms with van der Waals surface area (Å²) >= 11 is 0. The molecule has 1 saturated carbocycles. The van der Waals surface area contributed by atoms with E-state index >= 15 is 0 Å². The zero-order valence-corrected chi connectivity index (χ0v) is 15.1. The minimum absolute atomic E-state index is 0.0150. The van der Waals surface area contributed by atoms with Crippen molar-refractivity contribution in [3.8, 4) is 0 Å². The molecular formula is C17H20F2N2O4S. The van der Waals surface area contributed by atoms with E-state index in [1.807, 2.05) is 0 Å². The second kappa shape index (κ2) is 6.61. The molecule has 2 amide bonds. The summed E-state index contributed by atoms with van der Waals surface area (Å²) < 4.78 is 50.9. The van der Waals surface area contributed by atoms with Crippen molar-refractivity contribution in [2.75, 3.05) is 23.4 Å². The molecule has 1 heterocycles. The molecule has 9 heteroatoms. The summed E-state index contributed by atoms with van der Waals surface area (Å²) in [5, 5.41) is 2.19. The molecule has 0 radical (unpaired) electrons. The number of anilines is 1. The lowest BCUT2D eigenvalue weighted by molar-refractivity contribution is -0.143. The average molecular weight is 386 g/mol. The van der Waals surface area contributed by atoms with Crippen molar-refractivity contribution < 1.29 is 26.8 Å². The number of carbonyl (C=O) groups is 2. The van der Waals surface area contributed by atoms with Crippen LogP contribution in [0, 0.1) is 17.0 Å². The molecule has 1 aliphatic heterocycles. The van der Waals surface area contributed by atoms with Gasteiger partial charge in [-0.25, -0.2) is 17.2 Å². The van der Waals surface area contributed by atoms with Crippen LogP contribution >= 0.6 is 0 Å².